The van der Waals surface area contributed by atoms with E-state index in [1.165, 1.54) is 6.21 Å². The van der Waals surface area contributed by atoms with Gasteiger partial charge < -0.3 is 4.84 Å². The van der Waals surface area contributed by atoms with Crippen LogP contribution in [-0.2, 0) is 11.4 Å². The molecule has 0 fully saturated rings. The number of carbonyl (C=O) groups excluding carboxylic acids is 1. The molecule has 0 heterocycles. The van der Waals surface area contributed by atoms with E-state index < -0.39 is 0 Å². The van der Waals surface area contributed by atoms with E-state index in [1.807, 2.05) is 18.2 Å². The zero-order chi connectivity index (χ0) is 15.1. The van der Waals surface area contributed by atoms with E-state index in [0.29, 0.717) is 21.2 Å². The quantitative estimate of drug-likeness (QED) is 0.436. The fraction of sp³-hybridized carbons (Fsp3) is 0.125. The average molecular weight is 322 g/mol. The summed E-state index contributed by atoms with van der Waals surface area (Å²) in [7, 11) is 0. The summed E-state index contributed by atoms with van der Waals surface area (Å²) in [6.07, 6.45) is 1.61. The summed E-state index contributed by atoms with van der Waals surface area (Å²) < 4.78 is 0. The molecule has 3 nitrogen and oxygen atoms in total. The lowest BCUT2D eigenvalue weighted by molar-refractivity contribution is 0.0996. The summed E-state index contributed by atoms with van der Waals surface area (Å²) in [6.45, 7) is 0.161. The molecule has 0 spiro atoms. The molecule has 108 valence electrons. The van der Waals surface area contributed by atoms with Crippen LogP contribution in [0.5, 0.6) is 0 Å². The van der Waals surface area contributed by atoms with Crippen molar-refractivity contribution >= 4 is 35.2 Å². The molecule has 2 aromatic rings. The SMILES string of the molecule is O=C(C/C=N/OCc1c(Cl)cccc1Cl)c1ccccc1. The lowest BCUT2D eigenvalue weighted by Crippen LogP contribution is -1.99. The zero-order valence-electron chi connectivity index (χ0n) is 11.1. The Labute approximate surface area is 133 Å². The number of Topliss-reactive ketones (excluding diaryl/α,β-unsaturated/α-hetero) is 1. The maximum Gasteiger partial charge on any atom is 0.168 e. The molecule has 0 saturated carbocycles. The van der Waals surface area contributed by atoms with E-state index >= 15 is 0 Å². The number of rotatable bonds is 6. The third kappa shape index (κ3) is 4.59. The van der Waals surface area contributed by atoms with Gasteiger partial charge in [0.15, 0.2) is 5.78 Å². The smallest absolute Gasteiger partial charge is 0.168 e. The predicted octanol–water partition coefficient (Wildman–Crippen LogP) is 4.77. The van der Waals surface area contributed by atoms with Crippen LogP contribution in [0.25, 0.3) is 0 Å². The van der Waals surface area contributed by atoms with Gasteiger partial charge in [-0.15, -0.1) is 0 Å². The Morgan fingerprint density at radius 2 is 1.71 bits per heavy atom. The van der Waals surface area contributed by atoms with Crippen LogP contribution in [0.2, 0.25) is 10.0 Å². The summed E-state index contributed by atoms with van der Waals surface area (Å²) in [5.74, 6) is -0.0151. The van der Waals surface area contributed by atoms with Crippen molar-refractivity contribution in [2.75, 3.05) is 0 Å². The molecular weight excluding hydrogens is 309 g/mol. The van der Waals surface area contributed by atoms with Gasteiger partial charge in [0.05, 0.1) is 6.21 Å². The molecule has 0 unspecified atom stereocenters. The van der Waals surface area contributed by atoms with Crippen molar-refractivity contribution in [2.45, 2.75) is 13.0 Å². The first-order chi connectivity index (χ1) is 10.2. The van der Waals surface area contributed by atoms with Gasteiger partial charge in [-0.05, 0) is 12.1 Å². The number of hydrogen-bond donors (Lipinski definition) is 0. The molecule has 5 heteroatoms. The van der Waals surface area contributed by atoms with Crippen molar-refractivity contribution in [1.29, 1.82) is 0 Å². The molecule has 2 rings (SSSR count). The van der Waals surface area contributed by atoms with E-state index in [4.69, 9.17) is 28.0 Å². The lowest BCUT2D eigenvalue weighted by atomic mass is 10.1. The topological polar surface area (TPSA) is 38.7 Å². The van der Waals surface area contributed by atoms with Crippen LogP contribution in [0.15, 0.2) is 53.7 Å². The van der Waals surface area contributed by atoms with Gasteiger partial charge in [0.25, 0.3) is 0 Å². The third-order valence-electron chi connectivity index (χ3n) is 2.79. The second-order valence-corrected chi connectivity index (χ2v) is 5.07. The largest absolute Gasteiger partial charge is 0.391 e. The van der Waals surface area contributed by atoms with Crippen LogP contribution >= 0.6 is 23.2 Å². The van der Waals surface area contributed by atoms with Crippen molar-refractivity contribution in [3.8, 4) is 0 Å². The fourth-order valence-electron chi connectivity index (χ4n) is 1.69. The first-order valence-electron chi connectivity index (χ1n) is 6.33. The van der Waals surface area contributed by atoms with Gasteiger partial charge in [0.1, 0.15) is 6.61 Å². The van der Waals surface area contributed by atoms with Gasteiger partial charge >= 0.3 is 0 Å². The van der Waals surface area contributed by atoms with E-state index in [0.717, 1.165) is 0 Å². The monoisotopic (exact) mass is 321 g/mol. The number of carbonyl (C=O) groups is 1. The Morgan fingerprint density at radius 1 is 1.05 bits per heavy atom. The highest BCUT2D eigenvalue weighted by Crippen LogP contribution is 2.24. The van der Waals surface area contributed by atoms with Crippen molar-refractivity contribution < 1.29 is 9.63 Å². The first-order valence-corrected chi connectivity index (χ1v) is 7.09. The molecule has 0 aliphatic carbocycles. The van der Waals surface area contributed by atoms with Crippen LogP contribution in [-0.4, -0.2) is 12.0 Å². The van der Waals surface area contributed by atoms with E-state index in [2.05, 4.69) is 5.16 Å². The lowest BCUT2D eigenvalue weighted by Gasteiger charge is -2.04. The highest BCUT2D eigenvalue weighted by Gasteiger charge is 2.05. The zero-order valence-corrected chi connectivity index (χ0v) is 12.6. The van der Waals surface area contributed by atoms with Crippen molar-refractivity contribution in [1.82, 2.24) is 0 Å². The highest BCUT2D eigenvalue weighted by atomic mass is 35.5. The third-order valence-corrected chi connectivity index (χ3v) is 3.50. The molecule has 0 N–H and O–H groups in total. The average Bonchev–Trinajstić information content (AvgIpc) is 2.50. The second-order valence-electron chi connectivity index (χ2n) is 4.25. The summed E-state index contributed by atoms with van der Waals surface area (Å²) in [6, 6.07) is 14.3. The highest BCUT2D eigenvalue weighted by molar-refractivity contribution is 6.35. The molecule has 2 aromatic carbocycles. The van der Waals surface area contributed by atoms with Crippen LogP contribution in [0.3, 0.4) is 0 Å². The molecular formula is C16H13Cl2NO2. The van der Waals surface area contributed by atoms with Gasteiger partial charge in [0.2, 0.25) is 0 Å². The van der Waals surface area contributed by atoms with E-state index in [-0.39, 0.29) is 18.8 Å². The summed E-state index contributed by atoms with van der Waals surface area (Å²) >= 11 is 12.0. The van der Waals surface area contributed by atoms with Gasteiger partial charge in [-0.2, -0.15) is 0 Å². The van der Waals surface area contributed by atoms with Crippen LogP contribution < -0.4 is 0 Å². The molecule has 0 atom stereocenters. The molecule has 0 saturated heterocycles. The standard InChI is InChI=1S/C16H13Cl2NO2/c17-14-7-4-8-15(18)13(14)11-21-19-10-9-16(20)12-5-2-1-3-6-12/h1-8,10H,9,11H2/b19-10+. The number of ketones is 1. The number of halogens is 2. The minimum absolute atomic E-state index is 0.0151. The molecule has 0 amide bonds. The van der Waals surface area contributed by atoms with Crippen molar-refractivity contribution in [2.24, 2.45) is 5.16 Å². The second kappa shape index (κ2) is 7.81. The minimum atomic E-state index is -0.0151. The molecule has 0 bridgehead atoms. The predicted molar refractivity (Wildman–Crippen MR) is 85.1 cm³/mol. The Kier molecular flexibility index (Phi) is 5.78. The van der Waals surface area contributed by atoms with Gasteiger partial charge in [-0.25, -0.2) is 0 Å². The Hall–Kier alpha value is -1.84. The van der Waals surface area contributed by atoms with Gasteiger partial charge in [0, 0.05) is 27.6 Å². The molecule has 0 aliphatic heterocycles. The molecule has 0 aliphatic rings. The number of oxime groups is 1. The first kappa shape index (κ1) is 15.5. The number of hydrogen-bond acceptors (Lipinski definition) is 3. The van der Waals surface area contributed by atoms with Crippen LogP contribution in [0.4, 0.5) is 0 Å². The molecule has 21 heavy (non-hydrogen) atoms. The Balaban J connectivity index is 1.83. The van der Waals surface area contributed by atoms with Crippen molar-refractivity contribution in [3.05, 3.63) is 69.7 Å². The summed E-state index contributed by atoms with van der Waals surface area (Å²) in [5, 5.41) is 4.80. The maximum absolute atomic E-state index is 11.8. The van der Waals surface area contributed by atoms with Crippen LogP contribution in [0, 0.1) is 0 Å². The van der Waals surface area contributed by atoms with Gasteiger partial charge in [-0.1, -0.05) is 64.8 Å². The number of nitrogens with zero attached hydrogens (tertiary/aromatic N) is 1. The Morgan fingerprint density at radius 3 is 2.38 bits per heavy atom. The molecule has 0 aromatic heterocycles. The van der Waals surface area contributed by atoms with E-state index in [9.17, 15) is 4.79 Å². The van der Waals surface area contributed by atoms with E-state index in [1.54, 1.807) is 30.3 Å². The van der Waals surface area contributed by atoms with Crippen molar-refractivity contribution in [3.63, 3.8) is 0 Å². The number of benzene rings is 2. The normalized spacial score (nSPS) is 10.8. The summed E-state index contributed by atoms with van der Waals surface area (Å²) in [5.41, 5.74) is 1.32. The maximum atomic E-state index is 11.8. The Bertz CT molecular complexity index is 622. The summed E-state index contributed by atoms with van der Waals surface area (Å²) in [4.78, 5) is 16.9. The van der Waals surface area contributed by atoms with Gasteiger partial charge in [-0.3, -0.25) is 4.79 Å². The molecule has 0 radical (unpaired) electrons. The van der Waals surface area contributed by atoms with Crippen LogP contribution in [0.1, 0.15) is 22.3 Å². The minimum Gasteiger partial charge on any atom is -0.391 e. The fourth-order valence-corrected chi connectivity index (χ4v) is 2.19.